The van der Waals surface area contributed by atoms with E-state index < -0.39 is 6.10 Å². The number of benzene rings is 1. The van der Waals surface area contributed by atoms with Gasteiger partial charge in [-0.25, -0.2) is 4.98 Å². The Bertz CT molecular complexity index is 765. The largest absolute Gasteiger partial charge is 0.454 e. The molecule has 1 N–H and O–H groups in total. The number of hydrogen-bond acceptors (Lipinski definition) is 6. The average molecular weight is 327 g/mol. The first-order chi connectivity index (χ1) is 11.6. The number of aryl methyl sites for hydroxylation is 2. The monoisotopic (exact) mass is 327 g/mol. The molecule has 2 aromatic rings. The maximum Gasteiger partial charge on any atom is 0.231 e. The number of aromatic nitrogens is 2. The molecule has 4 rings (SSSR count). The molecule has 0 unspecified atom stereocenters. The van der Waals surface area contributed by atoms with E-state index in [4.69, 9.17) is 9.47 Å². The number of aliphatic hydroxyl groups is 1. The molecule has 0 bridgehead atoms. The highest BCUT2D eigenvalue weighted by atomic mass is 16.7. The molecule has 1 saturated heterocycles. The summed E-state index contributed by atoms with van der Waals surface area (Å²) in [4.78, 5) is 11.1. The molecule has 6 heteroatoms. The van der Waals surface area contributed by atoms with Crippen LogP contribution in [-0.4, -0.2) is 41.1 Å². The van der Waals surface area contributed by atoms with Crippen molar-refractivity contribution in [3.05, 3.63) is 41.3 Å². The number of hydrogen-bond donors (Lipinski definition) is 1. The quantitative estimate of drug-likeness (QED) is 0.912. The van der Waals surface area contributed by atoms with Crippen LogP contribution < -0.4 is 14.4 Å². The van der Waals surface area contributed by atoms with Crippen molar-refractivity contribution in [1.29, 1.82) is 0 Å². The van der Waals surface area contributed by atoms with Crippen molar-refractivity contribution in [3.8, 4) is 11.5 Å². The molecular formula is C18H21N3O3. The molecule has 2 atom stereocenters. The minimum absolute atomic E-state index is 0.0915. The van der Waals surface area contributed by atoms with Gasteiger partial charge in [0.05, 0.1) is 17.5 Å². The van der Waals surface area contributed by atoms with Gasteiger partial charge < -0.3 is 19.5 Å². The fourth-order valence-corrected chi connectivity index (χ4v) is 3.48. The zero-order valence-corrected chi connectivity index (χ0v) is 13.9. The lowest BCUT2D eigenvalue weighted by atomic mass is 9.87. The Balaban J connectivity index is 1.53. The molecule has 0 radical (unpaired) electrons. The van der Waals surface area contributed by atoms with Gasteiger partial charge in [0.25, 0.3) is 0 Å². The summed E-state index contributed by atoms with van der Waals surface area (Å²) in [5.74, 6) is 2.51. The summed E-state index contributed by atoms with van der Waals surface area (Å²) in [5, 5.41) is 10.7. The summed E-state index contributed by atoms with van der Waals surface area (Å²) in [6, 6.07) is 5.94. The summed E-state index contributed by atoms with van der Waals surface area (Å²) in [6.45, 7) is 5.56. The van der Waals surface area contributed by atoms with Gasteiger partial charge in [0.2, 0.25) is 6.79 Å². The molecule has 0 aliphatic carbocycles. The van der Waals surface area contributed by atoms with E-state index in [1.54, 1.807) is 6.20 Å². The lowest BCUT2D eigenvalue weighted by Crippen LogP contribution is -2.43. The zero-order valence-electron chi connectivity index (χ0n) is 13.9. The standard InChI is InChI=1S/C18H21N3O3/c1-11-8-19-12(2)18(20-11)21-6-5-14(15(22)9-21)13-3-4-16-17(7-13)24-10-23-16/h3-4,7-8,14-15,22H,5-6,9-10H2,1-2H3/t14-,15+/m0/s1. The van der Waals surface area contributed by atoms with E-state index in [2.05, 4.69) is 14.9 Å². The average Bonchev–Trinajstić information content (AvgIpc) is 3.04. The minimum atomic E-state index is -0.458. The van der Waals surface area contributed by atoms with Gasteiger partial charge in [0.15, 0.2) is 11.5 Å². The molecule has 126 valence electrons. The predicted octanol–water partition coefficient (Wildman–Crippen LogP) is 2.18. The number of nitrogens with zero attached hydrogens (tertiary/aromatic N) is 3. The Morgan fingerprint density at radius 2 is 2.04 bits per heavy atom. The first-order valence-electron chi connectivity index (χ1n) is 8.24. The van der Waals surface area contributed by atoms with Gasteiger partial charge in [-0.3, -0.25) is 4.98 Å². The number of piperidine rings is 1. The van der Waals surface area contributed by atoms with Crippen molar-refractivity contribution in [1.82, 2.24) is 9.97 Å². The fraction of sp³-hybridized carbons (Fsp3) is 0.444. The highest BCUT2D eigenvalue weighted by Crippen LogP contribution is 2.38. The fourth-order valence-electron chi connectivity index (χ4n) is 3.48. The molecule has 6 nitrogen and oxygen atoms in total. The van der Waals surface area contributed by atoms with Crippen molar-refractivity contribution in [3.63, 3.8) is 0 Å². The second kappa shape index (κ2) is 5.94. The second-order valence-corrected chi connectivity index (χ2v) is 6.44. The maximum absolute atomic E-state index is 10.7. The van der Waals surface area contributed by atoms with Crippen LogP contribution in [-0.2, 0) is 0 Å². The first kappa shape index (κ1) is 15.2. The van der Waals surface area contributed by atoms with Crippen molar-refractivity contribution in [2.75, 3.05) is 24.8 Å². The Morgan fingerprint density at radius 3 is 2.88 bits per heavy atom. The third kappa shape index (κ3) is 2.67. The molecule has 0 amide bonds. The van der Waals surface area contributed by atoms with Crippen LogP contribution in [0.5, 0.6) is 11.5 Å². The van der Waals surface area contributed by atoms with Crippen LogP contribution >= 0.6 is 0 Å². The number of ether oxygens (including phenoxy) is 2. The van der Waals surface area contributed by atoms with Crippen LogP contribution in [0.4, 0.5) is 5.82 Å². The molecule has 1 aromatic heterocycles. The highest BCUT2D eigenvalue weighted by Gasteiger charge is 2.31. The van der Waals surface area contributed by atoms with Crippen molar-refractivity contribution in [2.45, 2.75) is 32.3 Å². The van der Waals surface area contributed by atoms with Crippen LogP contribution in [0.25, 0.3) is 0 Å². The first-order valence-corrected chi connectivity index (χ1v) is 8.24. The number of β-amino-alcohol motifs (C(OH)–C–C–N with tert-alkyl or cyclic N) is 1. The van der Waals surface area contributed by atoms with Gasteiger partial charge in [0, 0.05) is 25.2 Å². The number of rotatable bonds is 2. The molecule has 2 aliphatic rings. The van der Waals surface area contributed by atoms with Crippen LogP contribution in [0.2, 0.25) is 0 Å². The van der Waals surface area contributed by atoms with E-state index in [-0.39, 0.29) is 12.7 Å². The zero-order chi connectivity index (χ0) is 16.7. The molecular weight excluding hydrogens is 306 g/mol. The third-order valence-corrected chi connectivity index (χ3v) is 4.76. The summed E-state index contributed by atoms with van der Waals surface area (Å²) in [7, 11) is 0. The molecule has 1 fully saturated rings. The van der Waals surface area contributed by atoms with Crippen molar-refractivity contribution < 1.29 is 14.6 Å². The smallest absolute Gasteiger partial charge is 0.231 e. The molecule has 3 heterocycles. The SMILES string of the molecule is Cc1cnc(C)c(N2CC[C@@H](c3ccc4c(c3)OCO4)[C@H](O)C2)n1. The van der Waals surface area contributed by atoms with Crippen molar-refractivity contribution in [2.24, 2.45) is 0 Å². The van der Waals surface area contributed by atoms with Crippen LogP contribution in [0.15, 0.2) is 24.4 Å². The number of aliphatic hydroxyl groups excluding tert-OH is 1. The summed E-state index contributed by atoms with van der Waals surface area (Å²) >= 11 is 0. The van der Waals surface area contributed by atoms with Gasteiger partial charge >= 0.3 is 0 Å². The van der Waals surface area contributed by atoms with E-state index in [1.807, 2.05) is 32.0 Å². The van der Waals surface area contributed by atoms with Gasteiger partial charge in [-0.15, -0.1) is 0 Å². The van der Waals surface area contributed by atoms with Crippen LogP contribution in [0.3, 0.4) is 0 Å². The Hall–Kier alpha value is -2.34. The highest BCUT2D eigenvalue weighted by molar-refractivity contribution is 5.47. The maximum atomic E-state index is 10.7. The third-order valence-electron chi connectivity index (χ3n) is 4.76. The van der Waals surface area contributed by atoms with E-state index in [0.29, 0.717) is 6.54 Å². The molecule has 24 heavy (non-hydrogen) atoms. The lowest BCUT2D eigenvalue weighted by molar-refractivity contribution is 0.129. The summed E-state index contributed by atoms with van der Waals surface area (Å²) < 4.78 is 10.8. The van der Waals surface area contributed by atoms with E-state index >= 15 is 0 Å². The van der Waals surface area contributed by atoms with Gasteiger partial charge in [-0.1, -0.05) is 6.07 Å². The van der Waals surface area contributed by atoms with Crippen LogP contribution in [0.1, 0.15) is 29.3 Å². The van der Waals surface area contributed by atoms with Gasteiger partial charge in [0.1, 0.15) is 5.82 Å². The molecule has 1 aromatic carbocycles. The molecule has 0 spiro atoms. The van der Waals surface area contributed by atoms with Gasteiger partial charge in [-0.05, 0) is 38.0 Å². The van der Waals surface area contributed by atoms with Crippen LogP contribution in [0, 0.1) is 13.8 Å². The summed E-state index contributed by atoms with van der Waals surface area (Å²) in [5.41, 5.74) is 2.88. The van der Waals surface area contributed by atoms with E-state index in [1.165, 1.54) is 0 Å². The second-order valence-electron chi connectivity index (χ2n) is 6.44. The normalized spacial score (nSPS) is 22.7. The Morgan fingerprint density at radius 1 is 1.21 bits per heavy atom. The predicted molar refractivity (Wildman–Crippen MR) is 89.6 cm³/mol. The van der Waals surface area contributed by atoms with Gasteiger partial charge in [-0.2, -0.15) is 0 Å². The Kier molecular flexibility index (Phi) is 3.76. The number of anilines is 1. The van der Waals surface area contributed by atoms with E-state index in [9.17, 15) is 5.11 Å². The van der Waals surface area contributed by atoms with Crippen molar-refractivity contribution >= 4 is 5.82 Å². The number of fused-ring (bicyclic) bond motifs is 1. The summed E-state index contributed by atoms with van der Waals surface area (Å²) in [6.07, 6.45) is 2.17. The minimum Gasteiger partial charge on any atom is -0.454 e. The topological polar surface area (TPSA) is 67.7 Å². The molecule has 0 saturated carbocycles. The van der Waals surface area contributed by atoms with E-state index in [0.717, 1.165) is 47.2 Å². The Labute approximate surface area is 141 Å². The molecule has 2 aliphatic heterocycles. The lowest BCUT2D eigenvalue weighted by Gasteiger charge is -2.37.